The molecule has 6 heteroatoms. The number of nitrogens with two attached hydrogens (primary N) is 1. The first-order valence-corrected chi connectivity index (χ1v) is 6.20. The largest absolute Gasteiger partial charge is 0.508 e. The molecule has 0 saturated heterocycles. The Kier molecular flexibility index (Phi) is 3.04. The Morgan fingerprint density at radius 2 is 1.95 bits per heavy atom. The minimum Gasteiger partial charge on any atom is -0.508 e. The molecule has 0 aliphatic rings. The van der Waals surface area contributed by atoms with Crippen molar-refractivity contribution in [3.05, 3.63) is 47.5 Å². The number of hydrogen-bond acceptors (Lipinski definition) is 5. The van der Waals surface area contributed by atoms with Crippen molar-refractivity contribution in [3.63, 3.8) is 0 Å². The molecule has 1 heterocycles. The maximum Gasteiger partial charge on any atom is 0.258 e. The second-order valence-electron chi connectivity index (χ2n) is 4.21. The van der Waals surface area contributed by atoms with Crippen molar-refractivity contribution in [3.8, 4) is 28.6 Å². The molecule has 0 unspecified atom stereocenters. The standard InChI is InChI=1S/C14H10ClN3O2/c15-11-7-9(4-5-12(11)16)14-17-13(18-20-14)8-2-1-3-10(19)6-8/h1-7,19H,16H2. The van der Waals surface area contributed by atoms with Crippen molar-refractivity contribution in [2.75, 3.05) is 5.73 Å². The predicted octanol–water partition coefficient (Wildman–Crippen LogP) is 3.34. The third-order valence-electron chi connectivity index (χ3n) is 2.78. The summed E-state index contributed by atoms with van der Waals surface area (Å²) < 4.78 is 5.20. The van der Waals surface area contributed by atoms with Crippen LogP contribution in [0.4, 0.5) is 5.69 Å². The van der Waals surface area contributed by atoms with Crippen LogP contribution in [-0.2, 0) is 0 Å². The fourth-order valence-electron chi connectivity index (χ4n) is 1.76. The number of phenolic OH excluding ortho intramolecular Hbond substituents is 1. The van der Waals surface area contributed by atoms with E-state index < -0.39 is 0 Å². The Morgan fingerprint density at radius 3 is 2.70 bits per heavy atom. The van der Waals surface area contributed by atoms with Crippen molar-refractivity contribution >= 4 is 17.3 Å². The molecular formula is C14H10ClN3O2. The second-order valence-corrected chi connectivity index (χ2v) is 4.62. The SMILES string of the molecule is Nc1ccc(-c2nc(-c3cccc(O)c3)no2)cc1Cl. The predicted molar refractivity (Wildman–Crippen MR) is 76.3 cm³/mol. The zero-order valence-electron chi connectivity index (χ0n) is 10.2. The molecule has 0 spiro atoms. The van der Waals surface area contributed by atoms with Crippen LogP contribution in [0.3, 0.4) is 0 Å². The number of hydrogen-bond donors (Lipinski definition) is 2. The minimum atomic E-state index is 0.143. The van der Waals surface area contributed by atoms with Gasteiger partial charge in [-0.25, -0.2) is 0 Å². The van der Waals surface area contributed by atoms with Gasteiger partial charge in [-0.3, -0.25) is 0 Å². The molecule has 0 fully saturated rings. The van der Waals surface area contributed by atoms with Gasteiger partial charge in [-0.15, -0.1) is 0 Å². The van der Waals surface area contributed by atoms with E-state index in [0.717, 1.165) is 0 Å². The van der Waals surface area contributed by atoms with Gasteiger partial charge in [0.1, 0.15) is 5.75 Å². The molecule has 0 aliphatic heterocycles. The number of anilines is 1. The Bertz CT molecular complexity index is 771. The van der Waals surface area contributed by atoms with Crippen LogP contribution in [0.15, 0.2) is 47.0 Å². The summed E-state index contributed by atoms with van der Waals surface area (Å²) in [6.45, 7) is 0. The molecular weight excluding hydrogens is 278 g/mol. The highest BCUT2D eigenvalue weighted by Gasteiger charge is 2.12. The van der Waals surface area contributed by atoms with E-state index in [1.165, 1.54) is 0 Å². The lowest BCUT2D eigenvalue weighted by molar-refractivity contribution is 0.432. The summed E-state index contributed by atoms with van der Waals surface area (Å²) in [5.74, 6) is 0.874. The maximum atomic E-state index is 9.45. The van der Waals surface area contributed by atoms with Gasteiger partial charge in [0.05, 0.1) is 10.7 Å². The molecule has 0 radical (unpaired) electrons. The monoisotopic (exact) mass is 287 g/mol. The topological polar surface area (TPSA) is 85.2 Å². The number of benzene rings is 2. The Morgan fingerprint density at radius 1 is 1.10 bits per heavy atom. The average molecular weight is 288 g/mol. The lowest BCUT2D eigenvalue weighted by Crippen LogP contribution is -1.86. The van der Waals surface area contributed by atoms with Crippen molar-refractivity contribution in [2.45, 2.75) is 0 Å². The smallest absolute Gasteiger partial charge is 0.258 e. The lowest BCUT2D eigenvalue weighted by atomic mass is 10.2. The maximum absolute atomic E-state index is 9.45. The highest BCUT2D eigenvalue weighted by Crippen LogP contribution is 2.28. The molecule has 100 valence electrons. The van der Waals surface area contributed by atoms with E-state index in [0.29, 0.717) is 33.6 Å². The van der Waals surface area contributed by atoms with Crippen LogP contribution in [0.5, 0.6) is 5.75 Å². The van der Waals surface area contributed by atoms with Gasteiger partial charge in [0, 0.05) is 11.1 Å². The Hall–Kier alpha value is -2.53. The molecule has 3 N–H and O–H groups in total. The first-order valence-electron chi connectivity index (χ1n) is 5.82. The van der Waals surface area contributed by atoms with Crippen LogP contribution < -0.4 is 5.73 Å². The molecule has 1 aromatic heterocycles. The van der Waals surface area contributed by atoms with Crippen molar-refractivity contribution in [2.24, 2.45) is 0 Å². The molecule has 2 aromatic carbocycles. The van der Waals surface area contributed by atoms with Gasteiger partial charge in [0.2, 0.25) is 5.82 Å². The molecule has 3 rings (SSSR count). The summed E-state index contributed by atoms with van der Waals surface area (Å²) in [5, 5.41) is 13.8. The summed E-state index contributed by atoms with van der Waals surface area (Å²) in [5.41, 5.74) is 7.49. The van der Waals surface area contributed by atoms with E-state index in [9.17, 15) is 5.11 Å². The van der Waals surface area contributed by atoms with Crippen LogP contribution in [0.25, 0.3) is 22.8 Å². The van der Waals surface area contributed by atoms with E-state index in [1.54, 1.807) is 42.5 Å². The van der Waals surface area contributed by atoms with Gasteiger partial charge in [0.15, 0.2) is 0 Å². The first-order chi connectivity index (χ1) is 9.63. The van der Waals surface area contributed by atoms with Crippen LogP contribution in [-0.4, -0.2) is 15.2 Å². The van der Waals surface area contributed by atoms with Crippen LogP contribution in [0.2, 0.25) is 5.02 Å². The number of phenols is 1. The first kappa shape index (κ1) is 12.5. The van der Waals surface area contributed by atoms with Gasteiger partial charge in [-0.05, 0) is 30.3 Å². The summed E-state index contributed by atoms with van der Waals surface area (Å²) in [4.78, 5) is 4.27. The second kappa shape index (κ2) is 4.86. The average Bonchev–Trinajstić information content (AvgIpc) is 2.92. The molecule has 5 nitrogen and oxygen atoms in total. The van der Waals surface area contributed by atoms with Crippen LogP contribution in [0.1, 0.15) is 0 Å². The van der Waals surface area contributed by atoms with E-state index >= 15 is 0 Å². The number of aromatic hydroxyl groups is 1. The number of aromatic nitrogens is 2. The summed E-state index contributed by atoms with van der Waals surface area (Å²) >= 11 is 5.96. The van der Waals surface area contributed by atoms with Crippen molar-refractivity contribution < 1.29 is 9.63 Å². The lowest BCUT2D eigenvalue weighted by Gasteiger charge is -1.98. The third-order valence-corrected chi connectivity index (χ3v) is 3.11. The zero-order valence-corrected chi connectivity index (χ0v) is 11.0. The van der Waals surface area contributed by atoms with Gasteiger partial charge in [-0.1, -0.05) is 28.9 Å². The summed E-state index contributed by atoms with van der Waals surface area (Å²) in [7, 11) is 0. The molecule has 3 aromatic rings. The minimum absolute atomic E-state index is 0.143. The van der Waals surface area contributed by atoms with Gasteiger partial charge in [-0.2, -0.15) is 4.98 Å². The molecule has 0 atom stereocenters. The quantitative estimate of drug-likeness (QED) is 0.706. The van der Waals surface area contributed by atoms with Crippen molar-refractivity contribution in [1.82, 2.24) is 10.1 Å². The molecule has 20 heavy (non-hydrogen) atoms. The molecule has 0 saturated carbocycles. The highest BCUT2D eigenvalue weighted by molar-refractivity contribution is 6.33. The van der Waals surface area contributed by atoms with E-state index in [1.807, 2.05) is 0 Å². The zero-order chi connectivity index (χ0) is 14.1. The normalized spacial score (nSPS) is 10.7. The van der Waals surface area contributed by atoms with E-state index in [-0.39, 0.29) is 5.75 Å². The fraction of sp³-hybridized carbons (Fsp3) is 0. The Balaban J connectivity index is 1.99. The number of halogens is 1. The van der Waals surface area contributed by atoms with Crippen LogP contribution in [0, 0.1) is 0 Å². The molecule has 0 bridgehead atoms. The Labute approximate surface area is 119 Å². The number of rotatable bonds is 2. The van der Waals surface area contributed by atoms with E-state index in [4.69, 9.17) is 21.9 Å². The highest BCUT2D eigenvalue weighted by atomic mass is 35.5. The number of nitrogen functional groups attached to an aromatic ring is 1. The molecule has 0 aliphatic carbocycles. The van der Waals surface area contributed by atoms with Gasteiger partial charge < -0.3 is 15.4 Å². The van der Waals surface area contributed by atoms with E-state index in [2.05, 4.69) is 10.1 Å². The van der Waals surface area contributed by atoms with Gasteiger partial charge >= 0.3 is 0 Å². The third kappa shape index (κ3) is 2.31. The summed E-state index contributed by atoms with van der Waals surface area (Å²) in [6.07, 6.45) is 0. The fourth-order valence-corrected chi connectivity index (χ4v) is 1.94. The van der Waals surface area contributed by atoms with Crippen molar-refractivity contribution in [1.29, 1.82) is 0 Å². The summed E-state index contributed by atoms with van der Waals surface area (Å²) in [6, 6.07) is 11.7. The van der Waals surface area contributed by atoms with Gasteiger partial charge in [0.25, 0.3) is 5.89 Å². The number of nitrogens with zero attached hydrogens (tertiary/aromatic N) is 2. The van der Waals surface area contributed by atoms with Crippen LogP contribution >= 0.6 is 11.6 Å². The molecule has 0 amide bonds.